The van der Waals surface area contributed by atoms with Crippen LogP contribution in [0.25, 0.3) is 0 Å². The average Bonchev–Trinajstić information content (AvgIpc) is 2.37. The largest absolute Gasteiger partial charge is 0.497 e. The molecule has 1 atom stereocenters. The second-order valence-corrected chi connectivity index (χ2v) is 4.27. The van der Waals surface area contributed by atoms with Gasteiger partial charge in [0.05, 0.1) is 7.11 Å². The zero-order valence-corrected chi connectivity index (χ0v) is 10.3. The fraction of sp³-hybridized carbons (Fsp3) is 0.385. The van der Waals surface area contributed by atoms with E-state index in [9.17, 15) is 9.59 Å². The molecular weight excluding hydrogens is 234 g/mol. The topological polar surface area (TPSA) is 66.8 Å². The van der Waals surface area contributed by atoms with E-state index in [-0.39, 0.29) is 5.91 Å². The molecule has 1 aliphatic rings. The Kier molecular flexibility index (Phi) is 3.23. The van der Waals surface area contributed by atoms with Crippen LogP contribution < -0.4 is 9.64 Å². The summed E-state index contributed by atoms with van der Waals surface area (Å²) >= 11 is 0. The maximum absolute atomic E-state index is 11.9. The van der Waals surface area contributed by atoms with E-state index < -0.39 is 12.0 Å². The summed E-state index contributed by atoms with van der Waals surface area (Å²) in [6.07, 6.45) is 0.950. The molecule has 96 valence electrons. The second kappa shape index (κ2) is 4.68. The molecular formula is C13H15NO4. The van der Waals surface area contributed by atoms with Gasteiger partial charge >= 0.3 is 5.97 Å². The van der Waals surface area contributed by atoms with Crippen molar-refractivity contribution in [3.63, 3.8) is 0 Å². The van der Waals surface area contributed by atoms with Gasteiger partial charge in [-0.15, -0.1) is 0 Å². The van der Waals surface area contributed by atoms with Crippen LogP contribution in [0.15, 0.2) is 18.2 Å². The lowest BCUT2D eigenvalue weighted by molar-refractivity contribution is -0.139. The van der Waals surface area contributed by atoms with Crippen molar-refractivity contribution in [3.05, 3.63) is 23.8 Å². The van der Waals surface area contributed by atoms with Gasteiger partial charge in [-0.1, -0.05) is 0 Å². The highest BCUT2D eigenvalue weighted by atomic mass is 16.5. The number of nitrogens with zero attached hydrogens (tertiary/aromatic N) is 1. The molecule has 0 fully saturated rings. The predicted octanol–water partition coefficient (Wildman–Crippen LogP) is 1.45. The van der Waals surface area contributed by atoms with Crippen LogP contribution in [0, 0.1) is 0 Å². The van der Waals surface area contributed by atoms with E-state index in [1.54, 1.807) is 19.2 Å². The fourth-order valence-electron chi connectivity index (χ4n) is 2.16. The first-order valence-electron chi connectivity index (χ1n) is 5.76. The normalized spacial score (nSPS) is 16.1. The second-order valence-electron chi connectivity index (χ2n) is 4.27. The number of hydrogen-bond acceptors (Lipinski definition) is 3. The third kappa shape index (κ3) is 2.03. The number of methoxy groups -OCH3 is 1. The van der Waals surface area contributed by atoms with E-state index >= 15 is 0 Å². The van der Waals surface area contributed by atoms with Crippen molar-refractivity contribution in [2.24, 2.45) is 0 Å². The monoisotopic (exact) mass is 249 g/mol. The number of aryl methyl sites for hydroxylation is 1. The Bertz CT molecular complexity index is 498. The molecule has 1 N–H and O–H groups in total. The van der Waals surface area contributed by atoms with Crippen molar-refractivity contribution in [3.8, 4) is 5.75 Å². The highest BCUT2D eigenvalue weighted by Crippen LogP contribution is 2.32. The summed E-state index contributed by atoms with van der Waals surface area (Å²) < 4.78 is 5.13. The quantitative estimate of drug-likeness (QED) is 0.880. The highest BCUT2D eigenvalue weighted by molar-refractivity contribution is 6.01. The van der Waals surface area contributed by atoms with Crippen molar-refractivity contribution in [2.45, 2.75) is 25.8 Å². The van der Waals surface area contributed by atoms with Crippen LogP contribution in [-0.2, 0) is 16.0 Å². The van der Waals surface area contributed by atoms with E-state index in [4.69, 9.17) is 9.84 Å². The maximum Gasteiger partial charge on any atom is 0.326 e. The number of rotatable bonds is 3. The molecule has 0 bridgehead atoms. The van der Waals surface area contributed by atoms with Crippen molar-refractivity contribution in [1.29, 1.82) is 0 Å². The Morgan fingerprint density at radius 3 is 2.78 bits per heavy atom. The number of aliphatic carboxylic acids is 1. The van der Waals surface area contributed by atoms with Crippen LogP contribution in [0.4, 0.5) is 5.69 Å². The van der Waals surface area contributed by atoms with E-state index in [0.29, 0.717) is 24.3 Å². The summed E-state index contributed by atoms with van der Waals surface area (Å²) in [7, 11) is 1.58. The van der Waals surface area contributed by atoms with Crippen molar-refractivity contribution >= 4 is 17.6 Å². The molecule has 1 aromatic rings. The maximum atomic E-state index is 11.9. The molecule has 0 spiro atoms. The lowest BCUT2D eigenvalue weighted by atomic mass is 9.99. The molecule has 0 saturated carbocycles. The molecule has 5 nitrogen and oxygen atoms in total. The van der Waals surface area contributed by atoms with Gasteiger partial charge in [-0.05, 0) is 37.1 Å². The number of anilines is 1. The zero-order valence-electron chi connectivity index (χ0n) is 10.3. The Balaban J connectivity index is 2.44. The van der Waals surface area contributed by atoms with Gasteiger partial charge in [0, 0.05) is 12.1 Å². The average molecular weight is 249 g/mol. The first-order chi connectivity index (χ1) is 8.54. The van der Waals surface area contributed by atoms with Gasteiger partial charge in [-0.2, -0.15) is 0 Å². The number of amides is 1. The van der Waals surface area contributed by atoms with Crippen LogP contribution in [0.1, 0.15) is 18.9 Å². The number of hydrogen-bond donors (Lipinski definition) is 1. The molecule has 1 heterocycles. The number of ether oxygens (including phenoxy) is 1. The minimum atomic E-state index is -1.01. The van der Waals surface area contributed by atoms with Gasteiger partial charge in [-0.3, -0.25) is 9.69 Å². The van der Waals surface area contributed by atoms with Crippen LogP contribution in [0.2, 0.25) is 0 Å². The summed E-state index contributed by atoms with van der Waals surface area (Å²) in [6.45, 7) is 1.51. The Labute approximate surface area is 105 Å². The number of benzene rings is 1. The Morgan fingerprint density at radius 1 is 1.44 bits per heavy atom. The first-order valence-corrected chi connectivity index (χ1v) is 5.76. The summed E-state index contributed by atoms with van der Waals surface area (Å²) in [5, 5.41) is 9.06. The minimum Gasteiger partial charge on any atom is -0.497 e. The van der Waals surface area contributed by atoms with Gasteiger partial charge in [0.2, 0.25) is 5.91 Å². The van der Waals surface area contributed by atoms with E-state index in [2.05, 4.69) is 0 Å². The Hall–Kier alpha value is -2.04. The zero-order chi connectivity index (χ0) is 13.3. The minimum absolute atomic E-state index is 0.150. The molecule has 0 aromatic heterocycles. The third-order valence-corrected chi connectivity index (χ3v) is 3.17. The molecule has 2 rings (SSSR count). The van der Waals surface area contributed by atoms with Gasteiger partial charge in [0.15, 0.2) is 0 Å². The van der Waals surface area contributed by atoms with Crippen LogP contribution >= 0.6 is 0 Å². The molecule has 0 aliphatic carbocycles. The SMILES string of the molecule is COc1ccc2c(c1)CCC(=O)N2C(C)C(=O)O. The van der Waals surface area contributed by atoms with E-state index in [0.717, 1.165) is 5.56 Å². The molecule has 1 aromatic carbocycles. The van der Waals surface area contributed by atoms with Gasteiger partial charge in [0.1, 0.15) is 11.8 Å². The lowest BCUT2D eigenvalue weighted by Gasteiger charge is -2.32. The van der Waals surface area contributed by atoms with E-state index in [1.807, 2.05) is 6.07 Å². The third-order valence-electron chi connectivity index (χ3n) is 3.17. The standard InChI is InChI=1S/C13H15NO4/c1-8(13(16)17)14-11-5-4-10(18-2)7-9(11)3-6-12(14)15/h4-5,7-8H,3,6H2,1-2H3,(H,16,17). The smallest absolute Gasteiger partial charge is 0.326 e. The summed E-state index contributed by atoms with van der Waals surface area (Å²) in [5.74, 6) is -0.444. The van der Waals surface area contributed by atoms with Crippen LogP contribution in [0.5, 0.6) is 5.75 Å². The van der Waals surface area contributed by atoms with Gasteiger partial charge in [0.25, 0.3) is 0 Å². The lowest BCUT2D eigenvalue weighted by Crippen LogP contribution is -2.45. The van der Waals surface area contributed by atoms with Crippen molar-refractivity contribution in [2.75, 3.05) is 12.0 Å². The van der Waals surface area contributed by atoms with Gasteiger partial charge < -0.3 is 9.84 Å². The molecule has 18 heavy (non-hydrogen) atoms. The van der Waals surface area contributed by atoms with E-state index in [1.165, 1.54) is 11.8 Å². The van der Waals surface area contributed by atoms with Crippen LogP contribution in [0.3, 0.4) is 0 Å². The number of carboxylic acids is 1. The van der Waals surface area contributed by atoms with Crippen LogP contribution in [-0.4, -0.2) is 30.1 Å². The van der Waals surface area contributed by atoms with Gasteiger partial charge in [-0.25, -0.2) is 4.79 Å². The fourth-order valence-corrected chi connectivity index (χ4v) is 2.16. The predicted molar refractivity (Wildman–Crippen MR) is 65.9 cm³/mol. The molecule has 5 heteroatoms. The molecule has 0 saturated heterocycles. The first kappa shape index (κ1) is 12.4. The summed E-state index contributed by atoms with van der Waals surface area (Å²) in [5.41, 5.74) is 1.61. The highest BCUT2D eigenvalue weighted by Gasteiger charge is 2.31. The molecule has 1 aliphatic heterocycles. The molecule has 1 amide bonds. The number of carbonyl (C=O) groups excluding carboxylic acids is 1. The van der Waals surface area contributed by atoms with Crippen molar-refractivity contribution < 1.29 is 19.4 Å². The molecule has 0 radical (unpaired) electrons. The Morgan fingerprint density at radius 2 is 2.17 bits per heavy atom. The summed E-state index contributed by atoms with van der Waals surface area (Å²) in [4.78, 5) is 24.3. The van der Waals surface area contributed by atoms with Crippen molar-refractivity contribution in [1.82, 2.24) is 0 Å². The number of carboxylic acid groups (broad SMARTS) is 1. The molecule has 1 unspecified atom stereocenters. The number of carbonyl (C=O) groups is 2. The number of fused-ring (bicyclic) bond motifs is 1. The summed E-state index contributed by atoms with van der Waals surface area (Å²) in [6, 6.07) is 4.47.